The van der Waals surface area contributed by atoms with E-state index in [0.717, 1.165) is 0 Å². The molecular formula is C22H17ClF3N7O2. The fraction of sp³-hybridized carbons (Fsp3) is 0.0909. The minimum absolute atomic E-state index is 0.0288. The number of carbonyl (C=O) groups excluding carboxylic acids is 1. The molecule has 0 aliphatic rings. The number of fused-ring (bicyclic) bond motifs is 1. The van der Waals surface area contributed by atoms with E-state index < -0.39 is 18.0 Å². The SMILES string of the molecule is N/N=C(\N)CNC(=O)c1cc(-c2ccccc2OC(F)(F)F)n(-c2ccnc3cc(Cl)ccc23)n1. The van der Waals surface area contributed by atoms with E-state index in [2.05, 4.69) is 25.2 Å². The lowest BCUT2D eigenvalue weighted by atomic mass is 10.1. The zero-order valence-electron chi connectivity index (χ0n) is 17.8. The molecule has 0 saturated carbocycles. The third-order valence-corrected chi connectivity index (χ3v) is 5.07. The molecule has 2 aromatic carbocycles. The Kier molecular flexibility index (Phi) is 6.47. The molecule has 0 fully saturated rings. The Hall–Kier alpha value is -4.32. The molecule has 9 nitrogen and oxygen atoms in total. The highest BCUT2D eigenvalue weighted by Crippen LogP contribution is 2.36. The number of hydrogen-bond acceptors (Lipinski definition) is 6. The highest BCUT2D eigenvalue weighted by molar-refractivity contribution is 6.31. The number of pyridine rings is 1. The highest BCUT2D eigenvalue weighted by Gasteiger charge is 2.33. The lowest BCUT2D eigenvalue weighted by molar-refractivity contribution is -0.274. The number of ether oxygens (including phenoxy) is 1. The van der Waals surface area contributed by atoms with Gasteiger partial charge in [0, 0.05) is 22.2 Å². The zero-order chi connectivity index (χ0) is 25.2. The van der Waals surface area contributed by atoms with Crippen molar-refractivity contribution in [2.45, 2.75) is 6.36 Å². The molecule has 0 radical (unpaired) electrons. The molecule has 2 aromatic heterocycles. The van der Waals surface area contributed by atoms with Crippen LogP contribution < -0.4 is 21.6 Å². The van der Waals surface area contributed by atoms with Crippen molar-refractivity contribution < 1.29 is 22.7 Å². The molecule has 2 heterocycles. The number of nitrogens with two attached hydrogens (primary N) is 2. The van der Waals surface area contributed by atoms with Crippen molar-refractivity contribution in [1.29, 1.82) is 0 Å². The van der Waals surface area contributed by atoms with E-state index >= 15 is 0 Å². The summed E-state index contributed by atoms with van der Waals surface area (Å²) in [5.74, 6) is 3.94. The Balaban J connectivity index is 1.90. The summed E-state index contributed by atoms with van der Waals surface area (Å²) in [5, 5.41) is 11.2. The first-order valence-electron chi connectivity index (χ1n) is 9.96. The van der Waals surface area contributed by atoms with Gasteiger partial charge in [-0.1, -0.05) is 23.7 Å². The Morgan fingerprint density at radius 3 is 2.69 bits per heavy atom. The van der Waals surface area contributed by atoms with Crippen LogP contribution in [0, 0.1) is 0 Å². The van der Waals surface area contributed by atoms with Crippen LogP contribution in [0.1, 0.15) is 10.5 Å². The Bertz CT molecular complexity index is 1440. The topological polar surface area (TPSA) is 133 Å². The minimum Gasteiger partial charge on any atom is -0.405 e. The average molecular weight is 504 g/mol. The second kappa shape index (κ2) is 9.50. The fourth-order valence-corrected chi connectivity index (χ4v) is 3.52. The number of hydrogen-bond donors (Lipinski definition) is 3. The van der Waals surface area contributed by atoms with Gasteiger partial charge in [-0.3, -0.25) is 9.78 Å². The van der Waals surface area contributed by atoms with Crippen LogP contribution in [0.15, 0.2) is 65.9 Å². The number of aromatic nitrogens is 3. The lowest BCUT2D eigenvalue weighted by Gasteiger charge is -2.15. The van der Waals surface area contributed by atoms with Crippen LogP contribution >= 0.6 is 11.6 Å². The molecule has 0 spiro atoms. The second-order valence-electron chi connectivity index (χ2n) is 7.17. The Labute approximate surface area is 201 Å². The number of nitrogens with zero attached hydrogens (tertiary/aromatic N) is 4. The average Bonchev–Trinajstić information content (AvgIpc) is 3.26. The van der Waals surface area contributed by atoms with Gasteiger partial charge in [0.15, 0.2) is 5.69 Å². The van der Waals surface area contributed by atoms with E-state index in [-0.39, 0.29) is 29.3 Å². The second-order valence-corrected chi connectivity index (χ2v) is 7.60. The molecule has 0 unspecified atom stereocenters. The summed E-state index contributed by atoms with van der Waals surface area (Å²) in [6.07, 6.45) is -3.43. The molecule has 13 heteroatoms. The van der Waals surface area contributed by atoms with E-state index in [0.29, 0.717) is 21.6 Å². The first-order valence-corrected chi connectivity index (χ1v) is 10.3. The minimum atomic E-state index is -4.93. The molecule has 1 amide bonds. The number of halogens is 4. The van der Waals surface area contributed by atoms with E-state index in [1.54, 1.807) is 30.3 Å². The van der Waals surface area contributed by atoms with Gasteiger partial charge in [0.05, 0.1) is 23.4 Å². The molecule has 35 heavy (non-hydrogen) atoms. The highest BCUT2D eigenvalue weighted by atomic mass is 35.5. The molecule has 4 aromatic rings. The van der Waals surface area contributed by atoms with Gasteiger partial charge in [0.1, 0.15) is 11.6 Å². The largest absolute Gasteiger partial charge is 0.573 e. The van der Waals surface area contributed by atoms with Crippen LogP contribution in [0.25, 0.3) is 27.8 Å². The number of carbonyl (C=O) groups is 1. The number of nitrogens with one attached hydrogen (secondary N) is 1. The predicted molar refractivity (Wildman–Crippen MR) is 124 cm³/mol. The van der Waals surface area contributed by atoms with Crippen molar-refractivity contribution in [3.05, 3.63) is 71.5 Å². The third kappa shape index (κ3) is 5.27. The summed E-state index contributed by atoms with van der Waals surface area (Å²) in [6, 6.07) is 13.5. The quantitative estimate of drug-likeness (QED) is 0.159. The molecule has 5 N–H and O–H groups in total. The van der Waals surface area contributed by atoms with Crippen LogP contribution in [-0.4, -0.2) is 39.4 Å². The summed E-state index contributed by atoms with van der Waals surface area (Å²) >= 11 is 6.08. The molecule has 4 rings (SSSR count). The van der Waals surface area contributed by atoms with Gasteiger partial charge < -0.3 is 21.6 Å². The van der Waals surface area contributed by atoms with Gasteiger partial charge >= 0.3 is 6.36 Å². The van der Waals surface area contributed by atoms with Crippen molar-refractivity contribution in [3.8, 4) is 22.7 Å². The monoisotopic (exact) mass is 503 g/mol. The van der Waals surface area contributed by atoms with Crippen LogP contribution in [0.5, 0.6) is 5.75 Å². The van der Waals surface area contributed by atoms with Gasteiger partial charge in [0.25, 0.3) is 5.91 Å². The Morgan fingerprint density at radius 1 is 1.17 bits per heavy atom. The first kappa shape index (κ1) is 23.8. The summed E-state index contributed by atoms with van der Waals surface area (Å²) in [5.41, 5.74) is 6.61. The van der Waals surface area contributed by atoms with Gasteiger partial charge in [-0.05, 0) is 42.5 Å². The van der Waals surface area contributed by atoms with Crippen molar-refractivity contribution in [1.82, 2.24) is 20.1 Å². The number of para-hydroxylation sites is 1. The number of amidine groups is 1. The number of hydrazone groups is 1. The molecule has 0 aliphatic heterocycles. The third-order valence-electron chi connectivity index (χ3n) is 4.84. The molecular weight excluding hydrogens is 487 g/mol. The number of benzene rings is 2. The standard InChI is InChI=1S/C22H17ClF3N7O2/c23-12-5-6-13-15(9-12)29-8-7-17(13)33-18(10-16(32-33)21(34)30-11-20(27)31-28)14-3-1-2-4-19(14)35-22(24,25)26/h1-10H,11,28H2,(H2,27,31)(H,30,34). The molecule has 180 valence electrons. The fourth-order valence-electron chi connectivity index (χ4n) is 3.36. The predicted octanol–water partition coefficient (Wildman–Crippen LogP) is 3.60. The number of amides is 1. The van der Waals surface area contributed by atoms with Crippen LogP contribution in [-0.2, 0) is 0 Å². The van der Waals surface area contributed by atoms with Crippen molar-refractivity contribution in [3.63, 3.8) is 0 Å². The van der Waals surface area contributed by atoms with E-state index in [1.165, 1.54) is 35.1 Å². The van der Waals surface area contributed by atoms with E-state index in [4.69, 9.17) is 23.2 Å². The summed E-state index contributed by atoms with van der Waals surface area (Å²) in [7, 11) is 0. The van der Waals surface area contributed by atoms with Crippen LogP contribution in [0.2, 0.25) is 5.02 Å². The number of alkyl halides is 3. The van der Waals surface area contributed by atoms with Crippen LogP contribution in [0.3, 0.4) is 0 Å². The van der Waals surface area contributed by atoms with Crippen LogP contribution in [0.4, 0.5) is 13.2 Å². The molecule has 0 atom stereocenters. The summed E-state index contributed by atoms with van der Waals surface area (Å²) in [6.45, 7) is -0.151. The smallest absolute Gasteiger partial charge is 0.405 e. The normalized spacial score (nSPS) is 12.1. The van der Waals surface area contributed by atoms with Crippen molar-refractivity contribution >= 4 is 34.2 Å². The summed E-state index contributed by atoms with van der Waals surface area (Å²) < 4.78 is 44.8. The van der Waals surface area contributed by atoms with Crippen molar-refractivity contribution in [2.24, 2.45) is 16.7 Å². The lowest BCUT2D eigenvalue weighted by Crippen LogP contribution is -2.34. The Morgan fingerprint density at radius 2 is 1.94 bits per heavy atom. The maximum Gasteiger partial charge on any atom is 0.573 e. The summed E-state index contributed by atoms with van der Waals surface area (Å²) in [4.78, 5) is 17.0. The van der Waals surface area contributed by atoms with Gasteiger partial charge in [-0.15, -0.1) is 13.2 Å². The van der Waals surface area contributed by atoms with E-state index in [9.17, 15) is 18.0 Å². The number of rotatable bonds is 6. The van der Waals surface area contributed by atoms with Crippen molar-refractivity contribution in [2.75, 3.05) is 6.54 Å². The van der Waals surface area contributed by atoms with Gasteiger partial charge in [-0.25, -0.2) is 4.68 Å². The van der Waals surface area contributed by atoms with Gasteiger partial charge in [-0.2, -0.15) is 10.2 Å². The molecule has 0 bridgehead atoms. The van der Waals surface area contributed by atoms with Gasteiger partial charge in [0.2, 0.25) is 0 Å². The molecule has 0 saturated heterocycles. The first-order chi connectivity index (χ1) is 16.7. The molecule has 0 aliphatic carbocycles. The maximum absolute atomic E-state index is 13.1. The zero-order valence-corrected chi connectivity index (χ0v) is 18.5. The maximum atomic E-state index is 13.1. The van der Waals surface area contributed by atoms with E-state index in [1.807, 2.05) is 0 Å².